The Morgan fingerprint density at radius 3 is 2.17 bits per heavy atom. The van der Waals surface area contributed by atoms with E-state index in [9.17, 15) is 14.4 Å². The quantitative estimate of drug-likeness (QED) is 0.0998. The number of aryl methyl sites for hydroxylation is 1. The van der Waals surface area contributed by atoms with Crippen molar-refractivity contribution < 1.29 is 45.5 Å². The van der Waals surface area contributed by atoms with Gasteiger partial charge in [-0.05, 0) is 68.8 Å². The summed E-state index contributed by atoms with van der Waals surface area (Å²) in [6, 6.07) is 15.5. The number of nitrogens with one attached hydrogen (secondary N) is 2. The van der Waals surface area contributed by atoms with Crippen LogP contribution in [0, 0.1) is 0 Å². The number of amides is 2. The van der Waals surface area contributed by atoms with E-state index < -0.39 is 11.9 Å². The predicted octanol–water partition coefficient (Wildman–Crippen LogP) is -0.0869. The molecule has 2 heterocycles. The van der Waals surface area contributed by atoms with Crippen molar-refractivity contribution >= 4 is 53.4 Å². The Bertz CT molecular complexity index is 1620. The highest BCUT2D eigenvalue weighted by Gasteiger charge is 2.36. The minimum atomic E-state index is -0.433. The van der Waals surface area contributed by atoms with Crippen molar-refractivity contribution in [1.82, 2.24) is 25.5 Å². The molecule has 2 aromatic carbocycles. The number of esters is 1. The number of nitrogens with two attached hydrogens (primary N) is 2. The summed E-state index contributed by atoms with van der Waals surface area (Å²) in [6.07, 6.45) is 4.37. The molecule has 292 valence electrons. The van der Waals surface area contributed by atoms with E-state index in [0.717, 1.165) is 80.4 Å². The summed E-state index contributed by atoms with van der Waals surface area (Å²) in [4.78, 5) is 46.8. The summed E-state index contributed by atoms with van der Waals surface area (Å²) in [5, 5.41) is 5.91. The van der Waals surface area contributed by atoms with E-state index in [1.807, 2.05) is 67.5 Å². The van der Waals surface area contributed by atoms with Crippen molar-refractivity contribution in [2.24, 2.45) is 0 Å². The van der Waals surface area contributed by atoms with Gasteiger partial charge >= 0.3 is 5.97 Å². The normalized spacial score (nSPS) is 16.4. The number of piperidine rings is 1. The maximum atomic E-state index is 13.2. The lowest BCUT2D eigenvalue weighted by Gasteiger charge is -2.45. The van der Waals surface area contributed by atoms with Gasteiger partial charge in [0, 0.05) is 25.9 Å². The highest BCUT2D eigenvalue weighted by atomic mass is 35.5. The van der Waals surface area contributed by atoms with Gasteiger partial charge in [0.2, 0.25) is 0 Å². The van der Waals surface area contributed by atoms with Crippen molar-refractivity contribution in [2.45, 2.75) is 38.1 Å². The van der Waals surface area contributed by atoms with E-state index in [1.54, 1.807) is 0 Å². The summed E-state index contributed by atoms with van der Waals surface area (Å²) >= 11 is 6.05. The Balaban J connectivity index is 0.00000486. The number of hydrogen-bond acceptors (Lipinski definition) is 11. The maximum Gasteiger partial charge on any atom is 0.343 e. The summed E-state index contributed by atoms with van der Waals surface area (Å²) in [5.41, 5.74) is 14.0. The first-order chi connectivity index (χ1) is 24.4. The van der Waals surface area contributed by atoms with Crippen molar-refractivity contribution in [3.05, 3.63) is 70.5 Å². The second-order valence-electron chi connectivity index (χ2n) is 13.1. The predicted molar refractivity (Wildman–Crippen MR) is 203 cm³/mol. The van der Waals surface area contributed by atoms with Crippen LogP contribution in [0.1, 0.15) is 40.9 Å². The minimum absolute atomic E-state index is 0. The number of likely N-dealkylation sites (N-methyl/N-ethyl adjacent to an activating group) is 1. The smallest absolute Gasteiger partial charge is 0.343 e. The second kappa shape index (κ2) is 22.2. The van der Waals surface area contributed by atoms with Gasteiger partial charge in [0.05, 0.1) is 39.3 Å². The molecular weight excluding hydrogens is 747 g/mol. The number of carbonyl (C=O) groups excluding carboxylic acids is 3. The number of halogens is 3. The van der Waals surface area contributed by atoms with Crippen LogP contribution in [0.4, 0.5) is 11.6 Å². The first kappa shape index (κ1) is 45.1. The molecule has 0 aliphatic carbocycles. The van der Waals surface area contributed by atoms with E-state index in [0.29, 0.717) is 18.0 Å². The van der Waals surface area contributed by atoms with Crippen LogP contribution >= 0.6 is 24.0 Å². The van der Waals surface area contributed by atoms with Crippen molar-refractivity contribution in [3.63, 3.8) is 0 Å². The highest BCUT2D eigenvalue weighted by molar-refractivity contribution is 6.31. The number of nitrogens with zero attached hydrogens (tertiary/aromatic N) is 4. The van der Waals surface area contributed by atoms with E-state index in [-0.39, 0.29) is 72.5 Å². The van der Waals surface area contributed by atoms with Gasteiger partial charge in [0.25, 0.3) is 11.8 Å². The molecule has 1 fully saturated rings. The van der Waals surface area contributed by atoms with Crippen LogP contribution in [-0.2, 0) is 27.2 Å². The molecule has 53 heavy (non-hydrogen) atoms. The van der Waals surface area contributed by atoms with Gasteiger partial charge < -0.3 is 58.1 Å². The zero-order chi connectivity index (χ0) is 36.8. The summed E-state index contributed by atoms with van der Waals surface area (Å²) in [7, 11) is 5.23. The van der Waals surface area contributed by atoms with Crippen LogP contribution < -0.4 is 44.0 Å². The molecule has 0 spiro atoms. The van der Waals surface area contributed by atoms with Gasteiger partial charge in [-0.1, -0.05) is 35.9 Å². The number of methoxy groups -OCH3 is 1. The fourth-order valence-electron chi connectivity index (χ4n) is 6.13. The SMILES string of the molecule is COC(=O)COc1ccc(CCC[N+]2(CCc3ccc(OCC(=O)NCCN(C)C)cc3)CCCC(NC(=O)c3nc(Cl)c(N)nc3N)C2)cc1.Cl.[Cl-]. The molecule has 0 radical (unpaired) electrons. The van der Waals surface area contributed by atoms with Crippen LogP contribution in [-0.4, -0.2) is 117 Å². The number of anilines is 2. The Morgan fingerprint density at radius 1 is 0.925 bits per heavy atom. The molecule has 2 amide bonds. The Hall–Kier alpha value is -4.08. The van der Waals surface area contributed by atoms with Gasteiger partial charge in [0.1, 0.15) is 11.5 Å². The van der Waals surface area contributed by atoms with Gasteiger partial charge in [-0.15, -0.1) is 12.4 Å². The van der Waals surface area contributed by atoms with Gasteiger partial charge in [-0.3, -0.25) is 9.59 Å². The Labute approximate surface area is 328 Å². The summed E-state index contributed by atoms with van der Waals surface area (Å²) in [5.74, 6) is 0.137. The number of nitrogen functional groups attached to an aromatic ring is 2. The molecule has 1 aliphatic rings. The zero-order valence-electron chi connectivity index (χ0n) is 30.4. The van der Waals surface area contributed by atoms with E-state index >= 15 is 0 Å². The molecule has 0 saturated carbocycles. The lowest BCUT2D eigenvalue weighted by molar-refractivity contribution is -0.933. The number of aromatic nitrogens is 2. The summed E-state index contributed by atoms with van der Waals surface area (Å²) in [6.45, 7) is 4.65. The lowest BCUT2D eigenvalue weighted by atomic mass is 9.99. The number of hydrogen-bond donors (Lipinski definition) is 4. The second-order valence-corrected chi connectivity index (χ2v) is 13.4. The third-order valence-electron chi connectivity index (χ3n) is 8.90. The number of carbonyl (C=O) groups is 3. The van der Waals surface area contributed by atoms with E-state index in [1.165, 1.54) is 7.11 Å². The first-order valence-electron chi connectivity index (χ1n) is 17.1. The molecule has 1 aliphatic heterocycles. The van der Waals surface area contributed by atoms with Gasteiger partial charge in [-0.25, -0.2) is 14.8 Å². The molecular formula is C36H51Cl3N8O6. The molecule has 1 aromatic heterocycles. The summed E-state index contributed by atoms with van der Waals surface area (Å²) < 4.78 is 16.6. The first-order valence-corrected chi connectivity index (χ1v) is 17.5. The van der Waals surface area contributed by atoms with Crippen molar-refractivity contribution in [1.29, 1.82) is 0 Å². The molecule has 0 bridgehead atoms. The fourth-order valence-corrected chi connectivity index (χ4v) is 6.26. The van der Waals surface area contributed by atoms with Crippen LogP contribution in [0.3, 0.4) is 0 Å². The fraction of sp³-hybridized carbons (Fsp3) is 0.472. The molecule has 6 N–H and O–H groups in total. The lowest BCUT2D eigenvalue weighted by Crippen LogP contribution is -3.00. The standard InChI is InChI=1S/C36H49ClN8O6.2ClH/c1-44(2)18-17-40-30(46)23-50-28-14-10-26(11-15-28)16-21-45(19-4-6-25-8-12-29(13-9-25)51-24-31(47)49-3)20-5-7-27(22-45)41-36(48)32-34(38)43-35(39)33(37)42-32;;/h8-15,27H,4-7,16-24H2,1-3H3,(H5-,38,39,40,41,43,46,48);2*1H. The zero-order valence-corrected chi connectivity index (χ0v) is 32.8. The van der Waals surface area contributed by atoms with Crippen LogP contribution in [0.25, 0.3) is 0 Å². The van der Waals surface area contributed by atoms with Gasteiger partial charge in [0.15, 0.2) is 35.7 Å². The highest BCUT2D eigenvalue weighted by Crippen LogP contribution is 2.25. The van der Waals surface area contributed by atoms with Crippen LogP contribution in [0.15, 0.2) is 48.5 Å². The molecule has 14 nitrogen and oxygen atoms in total. The number of benzene rings is 2. The van der Waals surface area contributed by atoms with Crippen LogP contribution in [0.2, 0.25) is 5.15 Å². The van der Waals surface area contributed by atoms with Crippen molar-refractivity contribution in [2.75, 3.05) is 85.2 Å². The molecule has 2 unspecified atom stereocenters. The number of quaternary nitrogens is 1. The largest absolute Gasteiger partial charge is 1.00 e. The third-order valence-corrected chi connectivity index (χ3v) is 9.18. The van der Waals surface area contributed by atoms with Crippen molar-refractivity contribution in [3.8, 4) is 11.5 Å². The topological polar surface area (TPSA) is 184 Å². The molecule has 17 heteroatoms. The van der Waals surface area contributed by atoms with Crippen LogP contribution in [0.5, 0.6) is 11.5 Å². The third kappa shape index (κ3) is 14.7. The monoisotopic (exact) mass is 796 g/mol. The number of likely N-dealkylation sites (tertiary alicyclic amines) is 1. The van der Waals surface area contributed by atoms with E-state index in [2.05, 4.69) is 25.3 Å². The van der Waals surface area contributed by atoms with E-state index in [4.69, 9.17) is 32.5 Å². The minimum Gasteiger partial charge on any atom is -1.00 e. The van der Waals surface area contributed by atoms with Gasteiger partial charge in [-0.2, -0.15) is 0 Å². The Morgan fingerprint density at radius 2 is 1.55 bits per heavy atom. The maximum absolute atomic E-state index is 13.2. The Kier molecular flexibility index (Phi) is 18.9. The average Bonchev–Trinajstić information content (AvgIpc) is 3.11. The number of rotatable bonds is 18. The molecule has 4 rings (SSSR count). The number of ether oxygens (including phenoxy) is 3. The molecule has 2 atom stereocenters. The molecule has 1 saturated heterocycles. The molecule has 3 aromatic rings. The average molecular weight is 798 g/mol.